The van der Waals surface area contributed by atoms with Crippen molar-refractivity contribution >= 4 is 28.6 Å². The van der Waals surface area contributed by atoms with E-state index in [0.717, 1.165) is 43.0 Å². The summed E-state index contributed by atoms with van der Waals surface area (Å²) in [6, 6.07) is 10.6. The molecule has 2 aromatic rings. The zero-order chi connectivity index (χ0) is 20.1. The Morgan fingerprint density at radius 1 is 1.03 bits per heavy atom. The zero-order valence-electron chi connectivity index (χ0n) is 17.5. The van der Waals surface area contributed by atoms with Gasteiger partial charge in [-0.1, -0.05) is 12.1 Å². The van der Waals surface area contributed by atoms with E-state index in [1.807, 2.05) is 16.2 Å². The van der Waals surface area contributed by atoms with Gasteiger partial charge in [0.2, 0.25) is 5.91 Å². The van der Waals surface area contributed by atoms with E-state index in [0.29, 0.717) is 6.54 Å². The molecule has 0 radical (unpaired) electrons. The molecule has 4 bridgehead atoms. The van der Waals surface area contributed by atoms with Crippen molar-refractivity contribution in [3.63, 3.8) is 0 Å². The molecule has 30 heavy (non-hydrogen) atoms. The summed E-state index contributed by atoms with van der Waals surface area (Å²) in [5.41, 5.74) is 3.84. The third-order valence-corrected chi connectivity index (χ3v) is 8.98. The highest BCUT2D eigenvalue weighted by molar-refractivity contribution is 7.10. The maximum atomic E-state index is 12.9. The minimum Gasteiger partial charge on any atom is -0.378 e. The number of rotatable bonds is 5. The summed E-state index contributed by atoms with van der Waals surface area (Å²) in [4.78, 5) is 16.3. The van der Waals surface area contributed by atoms with E-state index in [1.54, 1.807) is 0 Å². The number of nitrogens with zero attached hydrogens (tertiary/aromatic N) is 1. The lowest BCUT2D eigenvalue weighted by molar-refractivity contribution is -0.130. The van der Waals surface area contributed by atoms with Gasteiger partial charge in [-0.3, -0.25) is 4.79 Å². The number of hydrogen-bond donors (Lipinski definition) is 2. The molecule has 1 aromatic carbocycles. The molecule has 1 aromatic heterocycles. The highest BCUT2D eigenvalue weighted by Crippen LogP contribution is 2.56. The van der Waals surface area contributed by atoms with Crippen LogP contribution in [0.4, 0.5) is 11.4 Å². The summed E-state index contributed by atoms with van der Waals surface area (Å²) in [5, 5.41) is 9.58. The molecular weight excluding hydrogens is 390 g/mol. The fraction of sp³-hybridized carbons (Fsp3) is 0.560. The summed E-state index contributed by atoms with van der Waals surface area (Å²) in [6.45, 7) is 1.95. The SMILES string of the molecule is O=C(CNc1ccccc1NC12CC3CC(CC(C3)C1)C2)N1CCc2sccc2C1. The quantitative estimate of drug-likeness (QED) is 0.704. The van der Waals surface area contributed by atoms with E-state index in [1.165, 1.54) is 54.7 Å². The summed E-state index contributed by atoms with van der Waals surface area (Å²) in [6.07, 6.45) is 9.32. The molecule has 1 aliphatic heterocycles. The van der Waals surface area contributed by atoms with Gasteiger partial charge in [0.15, 0.2) is 0 Å². The lowest BCUT2D eigenvalue weighted by atomic mass is 9.53. The third-order valence-electron chi connectivity index (χ3n) is 7.96. The standard InChI is InChI=1S/C25H31N3OS/c29-24(28-7-5-23-20(16-28)6-8-30-23)15-26-21-3-1-2-4-22(21)27-25-12-17-9-18(13-25)11-19(10-17)14-25/h1-4,6,8,17-19,26-27H,5,7,9-16H2. The second-order valence-electron chi connectivity index (χ2n) is 10.2. The molecule has 4 nitrogen and oxygen atoms in total. The topological polar surface area (TPSA) is 44.4 Å². The van der Waals surface area contributed by atoms with E-state index in [-0.39, 0.29) is 11.4 Å². The molecule has 2 N–H and O–H groups in total. The van der Waals surface area contributed by atoms with Crippen LogP contribution in [0, 0.1) is 17.8 Å². The first-order valence-corrected chi connectivity index (χ1v) is 12.5. The number of thiophene rings is 1. The normalized spacial score (nSPS) is 31.5. The van der Waals surface area contributed by atoms with Gasteiger partial charge in [0.1, 0.15) is 0 Å². The minimum atomic E-state index is 0.191. The monoisotopic (exact) mass is 421 g/mol. The Kier molecular flexibility index (Phi) is 4.56. The predicted molar refractivity (Wildman–Crippen MR) is 123 cm³/mol. The van der Waals surface area contributed by atoms with E-state index < -0.39 is 0 Å². The molecule has 0 unspecified atom stereocenters. The molecule has 0 atom stereocenters. The molecule has 5 heteroatoms. The molecule has 7 rings (SSSR count). The van der Waals surface area contributed by atoms with Crippen molar-refractivity contribution in [1.29, 1.82) is 0 Å². The van der Waals surface area contributed by atoms with Gasteiger partial charge in [-0.05, 0) is 91.8 Å². The Hall–Kier alpha value is -2.01. The van der Waals surface area contributed by atoms with E-state index in [2.05, 4.69) is 46.3 Å². The smallest absolute Gasteiger partial charge is 0.242 e. The van der Waals surface area contributed by atoms with Crippen molar-refractivity contribution in [3.05, 3.63) is 46.2 Å². The average Bonchev–Trinajstić information content (AvgIpc) is 3.19. The summed E-state index contributed by atoms with van der Waals surface area (Å²) in [5.74, 6) is 2.96. The van der Waals surface area contributed by atoms with E-state index in [9.17, 15) is 4.79 Å². The largest absolute Gasteiger partial charge is 0.378 e. The van der Waals surface area contributed by atoms with Gasteiger partial charge in [0, 0.05) is 23.5 Å². The number of fused-ring (bicyclic) bond motifs is 1. The number of nitrogens with one attached hydrogen (secondary N) is 2. The fourth-order valence-electron chi connectivity index (χ4n) is 7.04. The first-order valence-electron chi connectivity index (χ1n) is 11.6. The van der Waals surface area contributed by atoms with Crippen LogP contribution < -0.4 is 10.6 Å². The molecule has 1 amide bonds. The van der Waals surface area contributed by atoms with Gasteiger partial charge in [-0.25, -0.2) is 0 Å². The number of carbonyl (C=O) groups excluding carboxylic acids is 1. The van der Waals surface area contributed by atoms with Gasteiger partial charge in [-0.2, -0.15) is 0 Å². The maximum Gasteiger partial charge on any atom is 0.242 e. The number of benzene rings is 1. The Balaban J connectivity index is 1.13. The second-order valence-corrected chi connectivity index (χ2v) is 11.2. The Bertz CT molecular complexity index is 916. The highest BCUT2D eigenvalue weighted by Gasteiger charge is 2.51. The van der Waals surface area contributed by atoms with Gasteiger partial charge in [0.25, 0.3) is 0 Å². The fourth-order valence-corrected chi connectivity index (χ4v) is 7.93. The van der Waals surface area contributed by atoms with Crippen LogP contribution in [0.3, 0.4) is 0 Å². The number of anilines is 2. The van der Waals surface area contributed by atoms with E-state index in [4.69, 9.17) is 0 Å². The molecule has 158 valence electrons. The van der Waals surface area contributed by atoms with Gasteiger partial charge in [0.05, 0.1) is 17.9 Å². The van der Waals surface area contributed by atoms with Crippen LogP contribution in [0.2, 0.25) is 0 Å². The highest BCUT2D eigenvalue weighted by atomic mass is 32.1. The third kappa shape index (κ3) is 3.41. The van der Waals surface area contributed by atoms with Crippen molar-refractivity contribution in [2.75, 3.05) is 23.7 Å². The van der Waals surface area contributed by atoms with Crippen LogP contribution in [0.15, 0.2) is 35.7 Å². The molecular formula is C25H31N3OS. The molecule has 0 spiro atoms. The molecule has 4 saturated carbocycles. The van der Waals surface area contributed by atoms with Crippen LogP contribution in [-0.2, 0) is 17.8 Å². The lowest BCUT2D eigenvalue weighted by Crippen LogP contribution is -2.54. The van der Waals surface area contributed by atoms with Crippen LogP contribution in [0.1, 0.15) is 49.0 Å². The molecule has 4 aliphatic carbocycles. The van der Waals surface area contributed by atoms with Crippen molar-refractivity contribution in [2.45, 2.75) is 57.0 Å². The number of hydrogen-bond acceptors (Lipinski definition) is 4. The van der Waals surface area contributed by atoms with Crippen LogP contribution >= 0.6 is 11.3 Å². The number of para-hydroxylation sites is 2. The number of carbonyl (C=O) groups is 1. The van der Waals surface area contributed by atoms with Gasteiger partial charge >= 0.3 is 0 Å². The Labute approximate surface area is 183 Å². The summed E-state index contributed by atoms with van der Waals surface area (Å²) in [7, 11) is 0. The lowest BCUT2D eigenvalue weighted by Gasteiger charge is -2.57. The predicted octanol–water partition coefficient (Wildman–Crippen LogP) is 5.13. The molecule has 5 aliphatic rings. The average molecular weight is 422 g/mol. The van der Waals surface area contributed by atoms with Crippen molar-refractivity contribution in [2.24, 2.45) is 17.8 Å². The van der Waals surface area contributed by atoms with Crippen molar-refractivity contribution < 1.29 is 4.79 Å². The minimum absolute atomic E-state index is 0.191. The summed E-state index contributed by atoms with van der Waals surface area (Å²) < 4.78 is 0. The first-order chi connectivity index (χ1) is 14.7. The van der Waals surface area contributed by atoms with Crippen LogP contribution in [0.5, 0.6) is 0 Å². The van der Waals surface area contributed by atoms with Crippen LogP contribution in [-0.4, -0.2) is 29.4 Å². The zero-order valence-corrected chi connectivity index (χ0v) is 18.3. The first kappa shape index (κ1) is 18.7. The number of amides is 1. The van der Waals surface area contributed by atoms with Gasteiger partial charge in [-0.15, -0.1) is 11.3 Å². The maximum absolute atomic E-state index is 12.9. The second kappa shape index (κ2) is 7.30. The van der Waals surface area contributed by atoms with Crippen LogP contribution in [0.25, 0.3) is 0 Å². The Morgan fingerprint density at radius 2 is 1.73 bits per heavy atom. The van der Waals surface area contributed by atoms with Crippen molar-refractivity contribution in [1.82, 2.24) is 4.90 Å². The van der Waals surface area contributed by atoms with Crippen molar-refractivity contribution in [3.8, 4) is 0 Å². The van der Waals surface area contributed by atoms with Gasteiger partial charge < -0.3 is 15.5 Å². The molecule has 0 saturated heterocycles. The molecule has 4 fully saturated rings. The molecule has 2 heterocycles. The van der Waals surface area contributed by atoms with E-state index >= 15 is 0 Å². The Morgan fingerprint density at radius 3 is 2.47 bits per heavy atom. The summed E-state index contributed by atoms with van der Waals surface area (Å²) >= 11 is 1.82.